The van der Waals surface area contributed by atoms with Crippen molar-refractivity contribution >= 4 is 39.8 Å². The van der Waals surface area contributed by atoms with Crippen molar-refractivity contribution in [2.45, 2.75) is 25.7 Å². The molecule has 6 aromatic rings. The van der Waals surface area contributed by atoms with E-state index in [1.807, 2.05) is 12.1 Å². The summed E-state index contributed by atoms with van der Waals surface area (Å²) >= 11 is 0. The molecule has 0 unspecified atom stereocenters. The van der Waals surface area contributed by atoms with Gasteiger partial charge >= 0.3 is 0 Å². The van der Waals surface area contributed by atoms with Crippen molar-refractivity contribution in [3.63, 3.8) is 0 Å². The van der Waals surface area contributed by atoms with Crippen LogP contribution in [0, 0.1) is 4.91 Å². The predicted octanol–water partition coefficient (Wildman–Crippen LogP) is 8.27. The lowest BCUT2D eigenvalue weighted by Crippen LogP contribution is -2.33. The molecule has 5 nitrogen and oxygen atoms in total. The Morgan fingerprint density at radius 1 is 0.659 bits per heavy atom. The summed E-state index contributed by atoms with van der Waals surface area (Å²) in [6.07, 6.45) is 5.36. The number of phenolic OH excluding ortho intramolecular Hbond substituents is 1. The first-order valence-electron chi connectivity index (χ1n) is 14.9. The molecule has 0 atom stereocenters. The second kappa shape index (κ2) is 13.2. The molecule has 0 aliphatic heterocycles. The predicted molar refractivity (Wildman–Crippen MR) is 183 cm³/mol. The fourth-order valence-corrected chi connectivity index (χ4v) is 10.4. The number of aryl methyl sites for hydroxylation is 1. The Bertz CT molecular complexity index is 1830. The molecule has 0 radical (unpaired) electrons. The molecule has 44 heavy (non-hydrogen) atoms. The summed E-state index contributed by atoms with van der Waals surface area (Å²) in [5, 5.41) is 17.6. The maximum Gasteiger partial charge on any atom is 0.193 e. The smallest absolute Gasteiger partial charge is 0.193 e. The third-order valence-corrected chi connectivity index (χ3v) is 12.8. The third-order valence-electron chi connectivity index (χ3n) is 8.24. The van der Waals surface area contributed by atoms with E-state index in [2.05, 4.69) is 108 Å². The molecule has 0 spiro atoms. The number of rotatable bonds is 11. The lowest BCUT2D eigenvalue weighted by atomic mass is 10.0. The minimum atomic E-state index is -1.81. The first-order valence-corrected chi connectivity index (χ1v) is 16.8. The van der Waals surface area contributed by atoms with E-state index >= 15 is 0 Å². The minimum Gasteiger partial charge on any atom is -0.503 e. The highest BCUT2D eigenvalue weighted by Gasteiger charge is 2.44. The number of hydrogen-bond donors (Lipinski definition) is 1. The van der Waals surface area contributed by atoms with Crippen LogP contribution in [-0.4, -0.2) is 11.3 Å². The van der Waals surface area contributed by atoms with Gasteiger partial charge in [0.2, 0.25) is 0 Å². The summed E-state index contributed by atoms with van der Waals surface area (Å²) in [5.74, 6) is -0.0956. The van der Waals surface area contributed by atoms with E-state index in [0.717, 1.165) is 37.4 Å². The minimum absolute atomic E-state index is 0.0332. The molecule has 1 aromatic heterocycles. The summed E-state index contributed by atoms with van der Waals surface area (Å²) in [6, 6.07) is 45.1. The first kappa shape index (κ1) is 29.2. The monoisotopic (exact) mass is 598 g/mol. The lowest BCUT2D eigenvalue weighted by molar-refractivity contribution is 0.466. The Morgan fingerprint density at radius 2 is 1.23 bits per heavy atom. The van der Waals surface area contributed by atoms with E-state index < -0.39 is 13.0 Å². The van der Waals surface area contributed by atoms with Crippen molar-refractivity contribution in [1.29, 1.82) is 0 Å². The number of fused-ring (bicyclic) bond motifs is 1. The zero-order chi connectivity index (χ0) is 30.4. The third kappa shape index (κ3) is 5.84. The Labute approximate surface area is 257 Å². The fourth-order valence-electron chi connectivity index (χ4n) is 5.98. The van der Waals surface area contributed by atoms with Crippen LogP contribution in [0.15, 0.2) is 148 Å². The largest absolute Gasteiger partial charge is 0.503 e. The second-order valence-electron chi connectivity index (χ2n) is 10.9. The quantitative estimate of drug-likeness (QED) is 0.0925. The summed E-state index contributed by atoms with van der Waals surface area (Å²) < 4.78 is 5.85. The van der Waals surface area contributed by atoms with Gasteiger partial charge in [0.25, 0.3) is 0 Å². The molecule has 0 bridgehead atoms. The molecular formula is C38H33NO4P+. The van der Waals surface area contributed by atoms with Gasteiger partial charge in [-0.25, -0.2) is 0 Å². The fraction of sp³-hybridized carbons (Fsp3) is 0.132. The van der Waals surface area contributed by atoms with E-state index in [4.69, 9.17) is 4.42 Å². The molecule has 218 valence electrons. The Morgan fingerprint density at radius 3 is 1.77 bits per heavy atom. The summed E-state index contributed by atoms with van der Waals surface area (Å²) in [7, 11) is -1.81. The van der Waals surface area contributed by atoms with Crippen LogP contribution in [0.5, 0.6) is 5.75 Å². The van der Waals surface area contributed by atoms with Gasteiger partial charge in [0.05, 0.1) is 11.5 Å². The van der Waals surface area contributed by atoms with Crippen LogP contribution in [0.2, 0.25) is 0 Å². The molecule has 1 N–H and O–H groups in total. The summed E-state index contributed by atoms with van der Waals surface area (Å²) in [6.45, 7) is 0. The SMILES string of the molecule is O=Nc1ccc2c(=O)cc(-c3ccc(CCCCC[P+](c4ccccc4)(c4ccccc4)c4ccccc4)cc3)oc2c1O. The molecule has 6 rings (SSSR count). The molecule has 0 aliphatic rings. The van der Waals surface area contributed by atoms with Crippen molar-refractivity contribution in [2.24, 2.45) is 5.18 Å². The van der Waals surface area contributed by atoms with E-state index in [-0.39, 0.29) is 22.1 Å². The number of aromatic hydroxyl groups is 1. The van der Waals surface area contributed by atoms with Crippen molar-refractivity contribution in [1.82, 2.24) is 0 Å². The van der Waals surface area contributed by atoms with Crippen LogP contribution in [0.1, 0.15) is 24.8 Å². The summed E-state index contributed by atoms with van der Waals surface area (Å²) in [5.41, 5.74) is 1.44. The maximum absolute atomic E-state index is 12.7. The Hall–Kier alpha value is -4.86. The maximum atomic E-state index is 12.7. The van der Waals surface area contributed by atoms with Gasteiger partial charge in [0.15, 0.2) is 22.4 Å². The molecule has 5 aromatic carbocycles. The van der Waals surface area contributed by atoms with Crippen molar-refractivity contribution in [3.05, 3.63) is 154 Å². The van der Waals surface area contributed by atoms with E-state index in [1.165, 1.54) is 39.7 Å². The number of hydrogen-bond acceptors (Lipinski definition) is 5. The number of benzene rings is 5. The number of phenols is 1. The van der Waals surface area contributed by atoms with Crippen molar-refractivity contribution in [3.8, 4) is 17.1 Å². The van der Waals surface area contributed by atoms with Gasteiger partial charge in [0.1, 0.15) is 28.9 Å². The molecule has 0 amide bonds. The van der Waals surface area contributed by atoms with Crippen LogP contribution in [0.3, 0.4) is 0 Å². The van der Waals surface area contributed by atoms with Gasteiger partial charge in [-0.3, -0.25) is 4.79 Å². The lowest BCUT2D eigenvalue weighted by Gasteiger charge is -2.27. The molecule has 0 fully saturated rings. The van der Waals surface area contributed by atoms with Gasteiger partial charge in [-0.1, -0.05) is 78.9 Å². The van der Waals surface area contributed by atoms with E-state index in [0.29, 0.717) is 5.76 Å². The summed E-state index contributed by atoms with van der Waals surface area (Å²) in [4.78, 5) is 23.7. The molecule has 0 saturated carbocycles. The highest BCUT2D eigenvalue weighted by molar-refractivity contribution is 7.95. The zero-order valence-corrected chi connectivity index (χ0v) is 25.2. The van der Waals surface area contributed by atoms with Crippen LogP contribution in [-0.2, 0) is 6.42 Å². The average Bonchev–Trinajstić information content (AvgIpc) is 3.08. The van der Waals surface area contributed by atoms with Gasteiger partial charge in [-0.2, -0.15) is 0 Å². The number of nitroso groups, excluding NO2 is 1. The highest BCUT2D eigenvalue weighted by Crippen LogP contribution is 2.56. The Balaban J connectivity index is 1.16. The highest BCUT2D eigenvalue weighted by atomic mass is 31.2. The van der Waals surface area contributed by atoms with Crippen LogP contribution in [0.25, 0.3) is 22.3 Å². The average molecular weight is 599 g/mol. The van der Waals surface area contributed by atoms with E-state index in [1.54, 1.807) is 0 Å². The molecule has 6 heteroatoms. The molecule has 0 aliphatic carbocycles. The van der Waals surface area contributed by atoms with Gasteiger partial charge in [0, 0.05) is 11.6 Å². The number of unbranched alkanes of at least 4 members (excludes halogenated alkanes) is 2. The van der Waals surface area contributed by atoms with Gasteiger partial charge < -0.3 is 9.52 Å². The Kier molecular flexibility index (Phi) is 8.76. The molecule has 0 saturated heterocycles. The van der Waals surface area contributed by atoms with E-state index in [9.17, 15) is 14.8 Å². The van der Waals surface area contributed by atoms with Crippen molar-refractivity contribution in [2.75, 3.05) is 6.16 Å². The molecular weight excluding hydrogens is 565 g/mol. The van der Waals surface area contributed by atoms with Crippen LogP contribution in [0.4, 0.5) is 5.69 Å². The first-order chi connectivity index (χ1) is 21.6. The van der Waals surface area contributed by atoms with Crippen LogP contribution < -0.4 is 21.3 Å². The normalized spacial score (nSPS) is 11.5. The number of nitrogens with zero attached hydrogens (tertiary/aromatic N) is 1. The topological polar surface area (TPSA) is 79.9 Å². The van der Waals surface area contributed by atoms with Crippen molar-refractivity contribution < 1.29 is 9.52 Å². The van der Waals surface area contributed by atoms with Gasteiger partial charge in [-0.05, 0) is 85.0 Å². The van der Waals surface area contributed by atoms with Gasteiger partial charge in [-0.15, -0.1) is 4.91 Å². The van der Waals surface area contributed by atoms with Crippen LogP contribution >= 0.6 is 7.26 Å². The standard InChI is InChI=1S/C38H32NO4P/c40-35-27-36(43-38-33(35)24-25-34(39-42)37(38)41)29-22-20-28(21-23-29)13-5-4-12-26-44(30-14-6-1-7-15-30,31-16-8-2-9-17-31)32-18-10-3-11-19-32/h1-3,6-11,14-25,27H,4-5,12-13,26H2/p+1. The zero-order valence-electron chi connectivity index (χ0n) is 24.3. The second-order valence-corrected chi connectivity index (χ2v) is 14.5. The molecule has 1 heterocycles.